The maximum Gasteiger partial charge on any atom is 0.128 e. The minimum atomic E-state index is -0.326. The third-order valence-electron chi connectivity index (χ3n) is 2.35. The van der Waals surface area contributed by atoms with E-state index in [1.807, 2.05) is 19.3 Å². The van der Waals surface area contributed by atoms with Crippen molar-refractivity contribution in [2.24, 2.45) is 7.05 Å². The molecule has 1 N–H and O–H groups in total. The van der Waals surface area contributed by atoms with Crippen LogP contribution in [-0.4, -0.2) is 16.9 Å². The van der Waals surface area contributed by atoms with Crippen LogP contribution in [0.1, 0.15) is 5.69 Å². The van der Waals surface area contributed by atoms with E-state index in [-0.39, 0.29) is 5.82 Å². The number of aromatic nitrogens is 2. The van der Waals surface area contributed by atoms with Crippen LogP contribution in [0.2, 0.25) is 0 Å². The summed E-state index contributed by atoms with van der Waals surface area (Å²) in [6.07, 6.45) is 1.86. The zero-order valence-electron chi connectivity index (χ0n) is 9.77. The lowest BCUT2D eigenvalue weighted by Gasteiger charge is -2.07. The minimum absolute atomic E-state index is 0.326. The van der Waals surface area contributed by atoms with E-state index >= 15 is 0 Å². The molecule has 0 bridgehead atoms. The van der Waals surface area contributed by atoms with Gasteiger partial charge in [-0.3, -0.25) is 4.68 Å². The number of hydrogen-bond donors (Lipinski definition) is 1. The molecule has 90 valence electrons. The van der Waals surface area contributed by atoms with E-state index in [4.69, 9.17) is 4.74 Å². The quantitative estimate of drug-likeness (QED) is 0.882. The van der Waals surface area contributed by atoms with Gasteiger partial charge in [0.1, 0.15) is 11.6 Å². The van der Waals surface area contributed by atoms with Crippen LogP contribution in [0.15, 0.2) is 30.5 Å². The summed E-state index contributed by atoms with van der Waals surface area (Å²) in [5.74, 6) is 0.168. The second kappa shape index (κ2) is 4.86. The SMILES string of the molecule is COc1cc(F)cc(NCc2ccn(C)n2)c1. The van der Waals surface area contributed by atoms with Crippen molar-refractivity contribution in [3.05, 3.63) is 42.0 Å². The summed E-state index contributed by atoms with van der Waals surface area (Å²) in [6, 6.07) is 6.41. The molecule has 17 heavy (non-hydrogen) atoms. The summed E-state index contributed by atoms with van der Waals surface area (Å²) in [5, 5.41) is 7.31. The van der Waals surface area contributed by atoms with Gasteiger partial charge in [0, 0.05) is 31.1 Å². The first kappa shape index (κ1) is 11.4. The van der Waals surface area contributed by atoms with Crippen molar-refractivity contribution in [2.75, 3.05) is 12.4 Å². The Morgan fingerprint density at radius 2 is 2.24 bits per heavy atom. The highest BCUT2D eigenvalue weighted by Crippen LogP contribution is 2.20. The second-order valence-electron chi connectivity index (χ2n) is 3.71. The molecule has 0 saturated heterocycles. The molecule has 0 atom stereocenters. The van der Waals surface area contributed by atoms with Gasteiger partial charge < -0.3 is 10.1 Å². The summed E-state index contributed by atoms with van der Waals surface area (Å²) in [6.45, 7) is 0.549. The molecule has 4 nitrogen and oxygen atoms in total. The predicted octanol–water partition coefficient (Wildman–Crippen LogP) is 2.18. The number of nitrogens with one attached hydrogen (secondary N) is 1. The molecule has 0 saturated carbocycles. The molecule has 1 aromatic carbocycles. The molecule has 0 aliphatic carbocycles. The number of aryl methyl sites for hydroxylation is 1. The normalized spacial score (nSPS) is 10.3. The Hall–Kier alpha value is -2.04. The molecule has 1 aromatic heterocycles. The van der Waals surface area contributed by atoms with Crippen molar-refractivity contribution in [1.82, 2.24) is 9.78 Å². The van der Waals surface area contributed by atoms with Gasteiger partial charge in [-0.15, -0.1) is 0 Å². The van der Waals surface area contributed by atoms with Crippen LogP contribution in [0.5, 0.6) is 5.75 Å². The van der Waals surface area contributed by atoms with Crippen molar-refractivity contribution >= 4 is 5.69 Å². The Kier molecular flexibility index (Phi) is 3.27. The number of hydrogen-bond acceptors (Lipinski definition) is 3. The van der Waals surface area contributed by atoms with Gasteiger partial charge in [0.25, 0.3) is 0 Å². The Morgan fingerprint density at radius 3 is 2.88 bits per heavy atom. The molecule has 1 heterocycles. The van der Waals surface area contributed by atoms with E-state index in [0.717, 1.165) is 5.69 Å². The van der Waals surface area contributed by atoms with Gasteiger partial charge in [-0.1, -0.05) is 0 Å². The highest BCUT2D eigenvalue weighted by molar-refractivity contribution is 5.48. The first-order valence-corrected chi connectivity index (χ1v) is 5.24. The fourth-order valence-electron chi connectivity index (χ4n) is 1.53. The Balaban J connectivity index is 2.05. The lowest BCUT2D eigenvalue weighted by Crippen LogP contribution is -2.01. The summed E-state index contributed by atoms with van der Waals surface area (Å²) >= 11 is 0. The van der Waals surface area contributed by atoms with E-state index in [1.165, 1.54) is 19.2 Å². The molecular formula is C12H14FN3O. The van der Waals surface area contributed by atoms with Gasteiger partial charge in [0.05, 0.1) is 19.3 Å². The molecule has 0 aliphatic rings. The van der Waals surface area contributed by atoms with E-state index < -0.39 is 0 Å². The van der Waals surface area contributed by atoms with Crippen molar-refractivity contribution in [3.8, 4) is 5.75 Å². The van der Waals surface area contributed by atoms with Gasteiger partial charge in [-0.05, 0) is 12.1 Å². The Labute approximate surface area is 99.0 Å². The molecule has 0 aliphatic heterocycles. The van der Waals surface area contributed by atoms with Crippen molar-refractivity contribution in [3.63, 3.8) is 0 Å². The molecule has 5 heteroatoms. The number of methoxy groups -OCH3 is 1. The molecular weight excluding hydrogens is 221 g/mol. The van der Waals surface area contributed by atoms with Crippen molar-refractivity contribution in [1.29, 1.82) is 0 Å². The average molecular weight is 235 g/mol. The zero-order valence-corrected chi connectivity index (χ0v) is 9.77. The molecule has 0 spiro atoms. The summed E-state index contributed by atoms with van der Waals surface area (Å²) in [4.78, 5) is 0. The molecule has 0 amide bonds. The maximum atomic E-state index is 13.2. The Morgan fingerprint density at radius 1 is 1.41 bits per heavy atom. The fraction of sp³-hybridized carbons (Fsp3) is 0.250. The number of rotatable bonds is 4. The zero-order chi connectivity index (χ0) is 12.3. The van der Waals surface area contributed by atoms with Gasteiger partial charge in [0.15, 0.2) is 0 Å². The summed E-state index contributed by atoms with van der Waals surface area (Å²) < 4.78 is 19.9. The first-order valence-electron chi connectivity index (χ1n) is 5.24. The average Bonchev–Trinajstić information content (AvgIpc) is 2.72. The largest absolute Gasteiger partial charge is 0.497 e. The molecule has 2 rings (SSSR count). The van der Waals surface area contributed by atoms with Crippen LogP contribution in [0.4, 0.5) is 10.1 Å². The first-order chi connectivity index (χ1) is 8.17. The number of ether oxygens (including phenoxy) is 1. The minimum Gasteiger partial charge on any atom is -0.497 e. The van der Waals surface area contributed by atoms with E-state index in [0.29, 0.717) is 18.0 Å². The number of halogens is 1. The highest BCUT2D eigenvalue weighted by Gasteiger charge is 2.02. The van der Waals surface area contributed by atoms with E-state index in [2.05, 4.69) is 10.4 Å². The summed E-state index contributed by atoms with van der Waals surface area (Å²) in [7, 11) is 3.37. The molecule has 2 aromatic rings. The van der Waals surface area contributed by atoms with Crippen LogP contribution in [0.3, 0.4) is 0 Å². The monoisotopic (exact) mass is 235 g/mol. The third kappa shape index (κ3) is 2.96. The van der Waals surface area contributed by atoms with E-state index in [1.54, 1.807) is 10.7 Å². The van der Waals surface area contributed by atoms with Crippen LogP contribution < -0.4 is 10.1 Å². The standard InChI is InChI=1S/C12H14FN3O/c1-16-4-3-10(15-16)8-14-11-5-9(13)6-12(7-11)17-2/h3-7,14H,8H2,1-2H3. The molecule has 0 unspecified atom stereocenters. The van der Waals surface area contributed by atoms with Gasteiger partial charge in [-0.25, -0.2) is 4.39 Å². The molecule has 0 radical (unpaired) electrons. The topological polar surface area (TPSA) is 39.1 Å². The Bertz CT molecular complexity index is 510. The number of nitrogens with zero attached hydrogens (tertiary/aromatic N) is 2. The van der Waals surface area contributed by atoms with Crippen LogP contribution >= 0.6 is 0 Å². The van der Waals surface area contributed by atoms with Gasteiger partial charge >= 0.3 is 0 Å². The maximum absolute atomic E-state index is 13.2. The smallest absolute Gasteiger partial charge is 0.128 e. The fourth-order valence-corrected chi connectivity index (χ4v) is 1.53. The van der Waals surface area contributed by atoms with Crippen molar-refractivity contribution < 1.29 is 9.13 Å². The van der Waals surface area contributed by atoms with Crippen LogP contribution in [0.25, 0.3) is 0 Å². The summed E-state index contributed by atoms with van der Waals surface area (Å²) in [5.41, 5.74) is 1.57. The molecule has 0 fully saturated rings. The highest BCUT2D eigenvalue weighted by atomic mass is 19.1. The predicted molar refractivity (Wildman–Crippen MR) is 63.5 cm³/mol. The lowest BCUT2D eigenvalue weighted by atomic mass is 10.3. The van der Waals surface area contributed by atoms with Gasteiger partial charge in [0.2, 0.25) is 0 Å². The number of anilines is 1. The third-order valence-corrected chi connectivity index (χ3v) is 2.35. The van der Waals surface area contributed by atoms with Crippen LogP contribution in [-0.2, 0) is 13.6 Å². The van der Waals surface area contributed by atoms with Gasteiger partial charge in [-0.2, -0.15) is 5.10 Å². The van der Waals surface area contributed by atoms with Crippen LogP contribution in [0, 0.1) is 5.82 Å². The number of benzene rings is 1. The van der Waals surface area contributed by atoms with E-state index in [9.17, 15) is 4.39 Å². The van der Waals surface area contributed by atoms with Crippen molar-refractivity contribution in [2.45, 2.75) is 6.54 Å². The second-order valence-corrected chi connectivity index (χ2v) is 3.71. The lowest BCUT2D eigenvalue weighted by molar-refractivity contribution is 0.411.